The SMILES string of the molecule is Cc1ccc(-c2c3ccc(-c4ccccc4)cc3c(-c3ccccc3)c3cc4c(cc23)-c2ccc(-c3ccccc3)cc2[Si]4(C)C)c2ccccc12. The molecular formula is C51H38Si. The van der Waals surface area contributed by atoms with E-state index in [1.165, 1.54) is 104 Å². The average molecular weight is 679 g/mol. The first-order valence-electron chi connectivity index (χ1n) is 18.4. The van der Waals surface area contributed by atoms with E-state index in [1.54, 1.807) is 0 Å². The lowest BCUT2D eigenvalue weighted by molar-refractivity contribution is 1.53. The maximum Gasteiger partial charge on any atom is 0.113 e. The van der Waals surface area contributed by atoms with Crippen molar-refractivity contribution in [1.82, 2.24) is 0 Å². The Hall–Kier alpha value is -6.02. The van der Waals surface area contributed by atoms with Crippen molar-refractivity contribution < 1.29 is 0 Å². The Morgan fingerprint density at radius 3 is 1.52 bits per heavy atom. The largest absolute Gasteiger partial charge is 0.113 e. The molecule has 0 aromatic heterocycles. The lowest BCUT2D eigenvalue weighted by atomic mass is 9.82. The summed E-state index contributed by atoms with van der Waals surface area (Å²) in [5.41, 5.74) is 14.3. The molecule has 52 heavy (non-hydrogen) atoms. The van der Waals surface area contributed by atoms with Gasteiger partial charge in [-0.2, -0.15) is 0 Å². The first kappa shape index (κ1) is 30.8. The molecule has 0 bridgehead atoms. The number of aryl methyl sites for hydroxylation is 1. The highest BCUT2D eigenvalue weighted by atomic mass is 28.3. The normalized spacial score (nSPS) is 13.1. The molecule has 1 heterocycles. The summed E-state index contributed by atoms with van der Waals surface area (Å²) in [5.74, 6) is 0. The fraction of sp³-hybridized carbons (Fsp3) is 0.0588. The van der Waals surface area contributed by atoms with Crippen LogP contribution in [0.3, 0.4) is 0 Å². The van der Waals surface area contributed by atoms with Crippen LogP contribution < -0.4 is 10.4 Å². The maximum atomic E-state index is 2.61. The van der Waals surface area contributed by atoms with Gasteiger partial charge in [0.15, 0.2) is 0 Å². The van der Waals surface area contributed by atoms with Gasteiger partial charge in [0.1, 0.15) is 8.07 Å². The van der Waals surface area contributed by atoms with Crippen LogP contribution in [0.25, 0.3) is 88.0 Å². The standard InChI is InChI=1S/C51H38Si/c1-33-23-26-42(40-22-14-13-21-39(33)40)51-43-28-25-37(34-15-7-4-8-16-34)29-45(43)50(36-19-11-6-12-20-36)47-32-49-44(31-46(47)51)41-27-24-38(30-48(41)52(49,2)3)35-17-9-5-10-18-35/h4-32H,1-3H3. The summed E-state index contributed by atoms with van der Waals surface area (Å²) in [4.78, 5) is 0. The molecule has 0 fully saturated rings. The van der Waals surface area contributed by atoms with E-state index >= 15 is 0 Å². The zero-order valence-corrected chi connectivity index (χ0v) is 30.7. The van der Waals surface area contributed by atoms with Gasteiger partial charge < -0.3 is 0 Å². The first-order chi connectivity index (χ1) is 25.5. The third-order valence-electron chi connectivity index (χ3n) is 11.6. The number of benzene rings is 9. The van der Waals surface area contributed by atoms with Crippen molar-refractivity contribution in [3.8, 4) is 55.6 Å². The molecule has 0 nitrogen and oxygen atoms in total. The highest BCUT2D eigenvalue weighted by molar-refractivity contribution is 7.04. The van der Waals surface area contributed by atoms with Crippen molar-refractivity contribution in [1.29, 1.82) is 0 Å². The molecule has 1 aliphatic heterocycles. The molecule has 246 valence electrons. The Bertz CT molecular complexity index is 2850. The molecule has 0 saturated carbocycles. The van der Waals surface area contributed by atoms with Gasteiger partial charge in [0.05, 0.1) is 0 Å². The Morgan fingerprint density at radius 1 is 0.308 bits per heavy atom. The predicted octanol–water partition coefficient (Wildman–Crippen LogP) is 12.9. The molecular weight excluding hydrogens is 641 g/mol. The third-order valence-corrected chi connectivity index (χ3v) is 15.1. The lowest BCUT2D eigenvalue weighted by Gasteiger charge is -2.23. The van der Waals surface area contributed by atoms with Gasteiger partial charge >= 0.3 is 0 Å². The van der Waals surface area contributed by atoms with E-state index in [9.17, 15) is 0 Å². The minimum Gasteiger partial charge on any atom is -0.0622 e. The van der Waals surface area contributed by atoms with Crippen molar-refractivity contribution in [3.63, 3.8) is 0 Å². The topological polar surface area (TPSA) is 0 Å². The monoisotopic (exact) mass is 678 g/mol. The third kappa shape index (κ3) is 4.66. The van der Waals surface area contributed by atoms with Gasteiger partial charge in [-0.1, -0.05) is 177 Å². The van der Waals surface area contributed by atoms with Crippen LogP contribution in [0.1, 0.15) is 5.56 Å². The zero-order chi connectivity index (χ0) is 35.0. The number of hydrogen-bond donors (Lipinski definition) is 0. The second kappa shape index (κ2) is 11.8. The van der Waals surface area contributed by atoms with E-state index < -0.39 is 8.07 Å². The van der Waals surface area contributed by atoms with E-state index in [1.807, 2.05) is 0 Å². The molecule has 0 N–H and O–H groups in total. The van der Waals surface area contributed by atoms with E-state index in [4.69, 9.17) is 0 Å². The zero-order valence-electron chi connectivity index (χ0n) is 29.7. The van der Waals surface area contributed by atoms with Gasteiger partial charge in [0, 0.05) is 0 Å². The van der Waals surface area contributed by atoms with Crippen molar-refractivity contribution >= 4 is 50.8 Å². The minimum atomic E-state index is -2.07. The average Bonchev–Trinajstić information content (AvgIpc) is 3.42. The summed E-state index contributed by atoms with van der Waals surface area (Å²) < 4.78 is 0. The van der Waals surface area contributed by atoms with Gasteiger partial charge in [-0.25, -0.2) is 0 Å². The molecule has 0 radical (unpaired) electrons. The molecule has 0 atom stereocenters. The van der Waals surface area contributed by atoms with E-state index in [0.717, 1.165) is 0 Å². The fourth-order valence-corrected chi connectivity index (χ4v) is 12.0. The summed E-state index contributed by atoms with van der Waals surface area (Å²) in [7, 11) is -2.07. The summed E-state index contributed by atoms with van der Waals surface area (Å²) in [5, 5.41) is 10.9. The van der Waals surface area contributed by atoms with Crippen LogP contribution in [0.2, 0.25) is 13.1 Å². The van der Waals surface area contributed by atoms with Crippen LogP contribution in [-0.2, 0) is 0 Å². The Kier molecular flexibility index (Phi) is 6.96. The van der Waals surface area contributed by atoms with Crippen molar-refractivity contribution in [2.24, 2.45) is 0 Å². The number of hydrogen-bond acceptors (Lipinski definition) is 0. The molecule has 0 unspecified atom stereocenters. The predicted molar refractivity (Wildman–Crippen MR) is 228 cm³/mol. The summed E-state index contributed by atoms with van der Waals surface area (Å²) >= 11 is 0. The van der Waals surface area contributed by atoms with Crippen LogP contribution in [0.5, 0.6) is 0 Å². The van der Waals surface area contributed by atoms with Crippen molar-refractivity contribution in [2.45, 2.75) is 20.0 Å². The van der Waals surface area contributed by atoms with E-state index in [-0.39, 0.29) is 0 Å². The highest BCUT2D eigenvalue weighted by Crippen LogP contribution is 2.48. The van der Waals surface area contributed by atoms with Crippen LogP contribution in [0, 0.1) is 6.92 Å². The van der Waals surface area contributed by atoms with Crippen molar-refractivity contribution in [2.75, 3.05) is 0 Å². The molecule has 9 aromatic rings. The van der Waals surface area contributed by atoms with E-state index in [0.29, 0.717) is 0 Å². The van der Waals surface area contributed by atoms with Gasteiger partial charge in [-0.15, -0.1) is 0 Å². The smallest absolute Gasteiger partial charge is 0.0622 e. The Labute approximate surface area is 306 Å². The Balaban J connectivity index is 1.36. The molecule has 0 saturated heterocycles. The maximum absolute atomic E-state index is 2.61. The van der Waals surface area contributed by atoms with Gasteiger partial charge in [0.2, 0.25) is 0 Å². The summed E-state index contributed by atoms with van der Waals surface area (Å²) in [6, 6.07) is 65.9. The van der Waals surface area contributed by atoms with Gasteiger partial charge in [-0.05, 0) is 123 Å². The quantitative estimate of drug-likeness (QED) is 0.128. The van der Waals surface area contributed by atoms with Crippen LogP contribution >= 0.6 is 0 Å². The second-order valence-electron chi connectivity index (χ2n) is 14.9. The molecule has 0 spiro atoms. The van der Waals surface area contributed by atoms with Crippen LogP contribution in [-0.4, -0.2) is 8.07 Å². The molecule has 1 heteroatoms. The van der Waals surface area contributed by atoms with Gasteiger partial charge in [0.25, 0.3) is 0 Å². The molecule has 10 rings (SSSR count). The first-order valence-corrected chi connectivity index (χ1v) is 21.4. The Morgan fingerprint density at radius 2 is 0.827 bits per heavy atom. The second-order valence-corrected chi connectivity index (χ2v) is 19.2. The number of fused-ring (bicyclic) bond motifs is 6. The van der Waals surface area contributed by atoms with E-state index in [2.05, 4.69) is 196 Å². The summed E-state index contributed by atoms with van der Waals surface area (Å²) in [6.07, 6.45) is 0. The molecule has 0 amide bonds. The number of rotatable bonds is 4. The van der Waals surface area contributed by atoms with Crippen LogP contribution in [0.4, 0.5) is 0 Å². The fourth-order valence-electron chi connectivity index (χ4n) is 8.95. The molecule has 9 aromatic carbocycles. The van der Waals surface area contributed by atoms with Gasteiger partial charge in [-0.3, -0.25) is 0 Å². The molecule has 0 aliphatic carbocycles. The van der Waals surface area contributed by atoms with Crippen LogP contribution in [0.15, 0.2) is 176 Å². The summed E-state index contributed by atoms with van der Waals surface area (Å²) in [6.45, 7) is 7.32. The minimum absolute atomic E-state index is 1.23. The lowest BCUT2D eigenvalue weighted by Crippen LogP contribution is -2.49. The highest BCUT2D eigenvalue weighted by Gasteiger charge is 2.38. The van der Waals surface area contributed by atoms with Crippen molar-refractivity contribution in [3.05, 3.63) is 181 Å². The molecule has 1 aliphatic rings.